The molecule has 0 nitrogen and oxygen atoms in total. The zero-order valence-electron chi connectivity index (χ0n) is 10.9. The molecule has 0 saturated carbocycles. The van der Waals surface area contributed by atoms with Gasteiger partial charge in [-0.25, -0.2) is 4.39 Å². The van der Waals surface area contributed by atoms with Gasteiger partial charge in [0, 0.05) is 9.79 Å². The van der Waals surface area contributed by atoms with Crippen LogP contribution in [0.15, 0.2) is 101 Å². The van der Waals surface area contributed by atoms with Crippen molar-refractivity contribution >= 4 is 11.8 Å². The van der Waals surface area contributed by atoms with Crippen LogP contribution in [0.1, 0.15) is 0 Å². The molecule has 3 aromatic rings. The summed E-state index contributed by atoms with van der Waals surface area (Å²) < 4.78 is 11.9. The fourth-order valence-electron chi connectivity index (χ4n) is 1.53. The minimum atomic E-state index is -0.178. The summed E-state index contributed by atoms with van der Waals surface area (Å²) in [5, 5.41) is 0. The molecule has 100 valence electrons. The molecule has 3 aromatic carbocycles. The molecule has 0 spiro atoms. The molecule has 0 saturated heterocycles. The highest BCUT2D eigenvalue weighted by atomic mass is 32.2. The van der Waals surface area contributed by atoms with E-state index < -0.39 is 0 Å². The van der Waals surface area contributed by atoms with Crippen LogP contribution in [-0.4, -0.2) is 0 Å². The highest BCUT2D eigenvalue weighted by molar-refractivity contribution is 7.99. The zero-order valence-corrected chi connectivity index (χ0v) is 11.8. The molecule has 2 heteroatoms. The van der Waals surface area contributed by atoms with E-state index in [4.69, 9.17) is 0 Å². The van der Waals surface area contributed by atoms with Gasteiger partial charge in [-0.15, -0.1) is 0 Å². The highest BCUT2D eigenvalue weighted by Crippen LogP contribution is 2.26. The molecule has 0 heterocycles. The second-order valence-electron chi connectivity index (χ2n) is 4.02. The van der Waals surface area contributed by atoms with Gasteiger partial charge in [-0.3, -0.25) is 0 Å². The van der Waals surface area contributed by atoms with E-state index in [2.05, 4.69) is 48.5 Å². The smallest absolute Gasteiger partial charge is 0.123 e. The average Bonchev–Trinajstić information content (AvgIpc) is 2.51. The molecule has 3 rings (SSSR count). The van der Waals surface area contributed by atoms with Crippen molar-refractivity contribution in [1.29, 1.82) is 0 Å². The third kappa shape index (κ3) is 5.29. The Balaban J connectivity index is 0.000000178. The van der Waals surface area contributed by atoms with E-state index in [1.54, 1.807) is 30.0 Å². The van der Waals surface area contributed by atoms with Gasteiger partial charge >= 0.3 is 0 Å². The topological polar surface area (TPSA) is 0 Å². The number of hydrogen-bond acceptors (Lipinski definition) is 1. The van der Waals surface area contributed by atoms with Crippen LogP contribution in [0.25, 0.3) is 0 Å². The fourth-order valence-corrected chi connectivity index (χ4v) is 2.39. The monoisotopic (exact) mass is 282 g/mol. The summed E-state index contributed by atoms with van der Waals surface area (Å²) in [6.07, 6.45) is 0. The minimum absolute atomic E-state index is 0.178. The lowest BCUT2D eigenvalue weighted by atomic mass is 10.4. The van der Waals surface area contributed by atoms with Gasteiger partial charge in [-0.2, -0.15) is 0 Å². The first-order valence-electron chi connectivity index (χ1n) is 6.33. The van der Waals surface area contributed by atoms with Gasteiger partial charge in [0.05, 0.1) is 0 Å². The molecule has 0 aliphatic carbocycles. The van der Waals surface area contributed by atoms with Gasteiger partial charge in [-0.1, -0.05) is 66.4 Å². The largest absolute Gasteiger partial charge is 0.207 e. The Morgan fingerprint density at radius 3 is 1.15 bits per heavy atom. The molecule has 0 aliphatic heterocycles. The Labute approximate surface area is 123 Å². The van der Waals surface area contributed by atoms with Crippen molar-refractivity contribution in [3.05, 3.63) is 96.8 Å². The zero-order chi connectivity index (χ0) is 14.0. The summed E-state index contributed by atoms with van der Waals surface area (Å²) in [6, 6.07) is 28.7. The van der Waals surface area contributed by atoms with Crippen LogP contribution < -0.4 is 0 Å². The van der Waals surface area contributed by atoms with Crippen molar-refractivity contribution in [1.82, 2.24) is 0 Å². The van der Waals surface area contributed by atoms with Crippen LogP contribution in [0.4, 0.5) is 4.39 Å². The normalized spacial score (nSPS) is 9.45. The number of halogens is 1. The second-order valence-corrected chi connectivity index (χ2v) is 5.17. The Morgan fingerprint density at radius 1 is 0.500 bits per heavy atom. The molecule has 20 heavy (non-hydrogen) atoms. The van der Waals surface area contributed by atoms with Crippen molar-refractivity contribution in [2.24, 2.45) is 0 Å². The van der Waals surface area contributed by atoms with Crippen LogP contribution in [0.2, 0.25) is 0 Å². The molecule has 0 amide bonds. The van der Waals surface area contributed by atoms with E-state index in [0.717, 1.165) is 0 Å². The summed E-state index contributed by atoms with van der Waals surface area (Å²) >= 11 is 1.79. The molecule has 0 aromatic heterocycles. The Morgan fingerprint density at radius 2 is 0.850 bits per heavy atom. The lowest BCUT2D eigenvalue weighted by Gasteiger charge is -1.99. The molecule has 0 unspecified atom stereocenters. The molecular formula is C18H15FS. The first kappa shape index (κ1) is 14.4. The third-order valence-electron chi connectivity index (χ3n) is 2.46. The van der Waals surface area contributed by atoms with E-state index in [0.29, 0.717) is 0 Å². The predicted molar refractivity (Wildman–Crippen MR) is 83.4 cm³/mol. The maximum Gasteiger partial charge on any atom is 0.123 e. The molecule has 0 N–H and O–H groups in total. The third-order valence-corrected chi connectivity index (χ3v) is 3.47. The summed E-state index contributed by atoms with van der Waals surface area (Å²) in [5.74, 6) is -0.178. The maximum absolute atomic E-state index is 11.9. The molecule has 0 fully saturated rings. The number of hydrogen-bond donors (Lipinski definition) is 0. The van der Waals surface area contributed by atoms with Gasteiger partial charge in [0.1, 0.15) is 5.82 Å². The quantitative estimate of drug-likeness (QED) is 0.584. The van der Waals surface area contributed by atoms with Crippen LogP contribution in [0.5, 0.6) is 0 Å². The van der Waals surface area contributed by atoms with E-state index in [1.807, 2.05) is 12.1 Å². The summed E-state index contributed by atoms with van der Waals surface area (Å²) in [7, 11) is 0. The average molecular weight is 282 g/mol. The van der Waals surface area contributed by atoms with Crippen molar-refractivity contribution in [3.63, 3.8) is 0 Å². The van der Waals surface area contributed by atoms with Crippen molar-refractivity contribution < 1.29 is 4.39 Å². The Kier molecular flexibility index (Phi) is 5.87. The first-order chi connectivity index (χ1) is 9.84. The van der Waals surface area contributed by atoms with Gasteiger partial charge in [0.2, 0.25) is 0 Å². The summed E-state index contributed by atoms with van der Waals surface area (Å²) in [6.45, 7) is 0. The SMILES string of the molecule is Fc1ccccc1.c1ccc(Sc2ccccc2)cc1. The van der Waals surface area contributed by atoms with E-state index in [-0.39, 0.29) is 5.82 Å². The van der Waals surface area contributed by atoms with Crippen molar-refractivity contribution in [3.8, 4) is 0 Å². The predicted octanol–water partition coefficient (Wildman–Crippen LogP) is 5.66. The second kappa shape index (κ2) is 8.18. The Hall–Kier alpha value is -2.06. The van der Waals surface area contributed by atoms with Gasteiger partial charge in [-0.05, 0) is 36.4 Å². The van der Waals surface area contributed by atoms with Gasteiger partial charge in [0.25, 0.3) is 0 Å². The summed E-state index contributed by atoms with van der Waals surface area (Å²) in [5.41, 5.74) is 0. The van der Waals surface area contributed by atoms with Crippen molar-refractivity contribution in [2.75, 3.05) is 0 Å². The number of benzene rings is 3. The van der Waals surface area contributed by atoms with Crippen LogP contribution in [0, 0.1) is 5.82 Å². The highest BCUT2D eigenvalue weighted by Gasteiger charge is 1.93. The van der Waals surface area contributed by atoms with Gasteiger partial charge < -0.3 is 0 Å². The lowest BCUT2D eigenvalue weighted by Crippen LogP contribution is -1.70. The van der Waals surface area contributed by atoms with Crippen LogP contribution in [-0.2, 0) is 0 Å². The maximum atomic E-state index is 11.9. The standard InChI is InChI=1S/C12H10S.C6H5F/c1-3-7-11(8-4-1)13-12-9-5-2-6-10-12;7-6-4-2-1-3-5-6/h1-10H;1-5H. The van der Waals surface area contributed by atoms with E-state index in [1.165, 1.54) is 21.9 Å². The Bertz CT molecular complexity index is 557. The first-order valence-corrected chi connectivity index (χ1v) is 7.15. The molecule has 0 aliphatic rings. The molecular weight excluding hydrogens is 267 g/mol. The minimum Gasteiger partial charge on any atom is -0.207 e. The summed E-state index contributed by atoms with van der Waals surface area (Å²) in [4.78, 5) is 2.57. The van der Waals surface area contributed by atoms with Crippen LogP contribution in [0.3, 0.4) is 0 Å². The van der Waals surface area contributed by atoms with Crippen molar-refractivity contribution in [2.45, 2.75) is 9.79 Å². The molecule has 0 bridgehead atoms. The molecule has 0 atom stereocenters. The van der Waals surface area contributed by atoms with Crippen LogP contribution >= 0.6 is 11.8 Å². The van der Waals surface area contributed by atoms with Gasteiger partial charge in [0.15, 0.2) is 0 Å². The number of rotatable bonds is 2. The lowest BCUT2D eigenvalue weighted by molar-refractivity contribution is 0.628. The van der Waals surface area contributed by atoms with E-state index >= 15 is 0 Å². The van der Waals surface area contributed by atoms with E-state index in [9.17, 15) is 4.39 Å². The molecule has 0 radical (unpaired) electrons. The fraction of sp³-hybridized carbons (Fsp3) is 0.